The van der Waals surface area contributed by atoms with Gasteiger partial charge in [0.05, 0.1) is 6.54 Å². The third kappa shape index (κ3) is 1.59. The highest BCUT2D eigenvalue weighted by atomic mass is 16.5. The molecule has 3 heteroatoms. The van der Waals surface area contributed by atoms with Crippen LogP contribution in [0.4, 0.5) is 5.82 Å². The molecule has 0 radical (unpaired) electrons. The summed E-state index contributed by atoms with van der Waals surface area (Å²) in [6, 6.07) is 2.07. The Kier molecular flexibility index (Phi) is 2.08. The van der Waals surface area contributed by atoms with Gasteiger partial charge in [0.2, 0.25) is 0 Å². The number of ether oxygens (including phenoxy) is 1. The quantitative estimate of drug-likeness (QED) is 0.719. The van der Waals surface area contributed by atoms with Gasteiger partial charge < -0.3 is 10.1 Å². The fourth-order valence-electron chi connectivity index (χ4n) is 1.35. The van der Waals surface area contributed by atoms with E-state index < -0.39 is 0 Å². The van der Waals surface area contributed by atoms with Gasteiger partial charge >= 0.3 is 0 Å². The lowest BCUT2D eigenvalue weighted by molar-refractivity contribution is 0.321. The molecule has 0 atom stereocenters. The molecule has 1 aliphatic heterocycles. The van der Waals surface area contributed by atoms with Crippen LogP contribution in [0.2, 0.25) is 0 Å². The molecule has 0 aliphatic carbocycles. The maximum Gasteiger partial charge on any atom is 0.168 e. The second-order valence-electron chi connectivity index (χ2n) is 3.55. The van der Waals surface area contributed by atoms with Crippen molar-refractivity contribution in [1.29, 1.82) is 0 Å². The smallest absolute Gasteiger partial charge is 0.168 e. The van der Waals surface area contributed by atoms with Crippen LogP contribution in [0.15, 0.2) is 12.3 Å². The number of nitrogens with one attached hydrogen (secondary N) is 1. The molecule has 0 bridgehead atoms. The van der Waals surface area contributed by atoms with Crippen molar-refractivity contribution in [3.05, 3.63) is 17.8 Å². The van der Waals surface area contributed by atoms with Crippen LogP contribution in [-0.2, 0) is 0 Å². The SMILES string of the molecule is CC(C)c1cnc2c(c1)OCCN2.[HH]. The standard InChI is InChI=1S/C10H14N2O.H2/c1-7(2)8-5-9-10(12-6-8)11-3-4-13-9;/h5-7H,3-4H2,1-2H3,(H,11,12);1H. The third-order valence-electron chi connectivity index (χ3n) is 2.19. The van der Waals surface area contributed by atoms with Gasteiger partial charge in [0.15, 0.2) is 11.6 Å². The zero-order valence-corrected chi connectivity index (χ0v) is 8.00. The van der Waals surface area contributed by atoms with Crippen molar-refractivity contribution in [2.45, 2.75) is 19.8 Å². The Morgan fingerprint density at radius 2 is 2.46 bits per heavy atom. The van der Waals surface area contributed by atoms with E-state index >= 15 is 0 Å². The number of pyridine rings is 1. The van der Waals surface area contributed by atoms with Gasteiger partial charge in [-0.3, -0.25) is 0 Å². The Morgan fingerprint density at radius 3 is 3.23 bits per heavy atom. The van der Waals surface area contributed by atoms with Crippen LogP contribution in [0.1, 0.15) is 26.8 Å². The summed E-state index contributed by atoms with van der Waals surface area (Å²) < 4.78 is 5.49. The molecule has 72 valence electrons. The monoisotopic (exact) mass is 180 g/mol. The molecule has 1 N–H and O–H groups in total. The minimum absolute atomic E-state index is 0. The average molecular weight is 180 g/mol. The van der Waals surface area contributed by atoms with E-state index in [0.29, 0.717) is 5.92 Å². The summed E-state index contributed by atoms with van der Waals surface area (Å²) in [7, 11) is 0. The molecule has 0 spiro atoms. The van der Waals surface area contributed by atoms with E-state index in [1.165, 1.54) is 5.56 Å². The number of hydrogen-bond donors (Lipinski definition) is 1. The summed E-state index contributed by atoms with van der Waals surface area (Å²) in [5.74, 6) is 2.26. The van der Waals surface area contributed by atoms with Gasteiger partial charge in [-0.1, -0.05) is 13.8 Å². The molecule has 0 saturated heterocycles. The molecular weight excluding hydrogens is 164 g/mol. The van der Waals surface area contributed by atoms with Crippen molar-refractivity contribution in [3.63, 3.8) is 0 Å². The van der Waals surface area contributed by atoms with Crippen LogP contribution in [0, 0.1) is 0 Å². The summed E-state index contributed by atoms with van der Waals surface area (Å²) in [5, 5.41) is 3.19. The Labute approximate surface area is 79.6 Å². The summed E-state index contributed by atoms with van der Waals surface area (Å²) in [5.41, 5.74) is 1.22. The molecule has 1 aromatic rings. The second-order valence-corrected chi connectivity index (χ2v) is 3.55. The summed E-state index contributed by atoms with van der Waals surface area (Å²) in [6.45, 7) is 5.89. The lowest BCUT2D eigenvalue weighted by Crippen LogP contribution is -2.19. The van der Waals surface area contributed by atoms with E-state index in [-0.39, 0.29) is 1.43 Å². The van der Waals surface area contributed by atoms with Crippen LogP contribution in [0.25, 0.3) is 0 Å². The molecule has 0 fully saturated rings. The number of anilines is 1. The maximum absolute atomic E-state index is 5.49. The number of nitrogens with zero attached hydrogens (tertiary/aromatic N) is 1. The van der Waals surface area contributed by atoms with E-state index in [0.717, 1.165) is 24.7 Å². The first-order valence-electron chi connectivity index (χ1n) is 4.64. The van der Waals surface area contributed by atoms with E-state index in [4.69, 9.17) is 4.74 Å². The van der Waals surface area contributed by atoms with Gasteiger partial charge in [-0.15, -0.1) is 0 Å². The van der Waals surface area contributed by atoms with Gasteiger partial charge in [0, 0.05) is 7.62 Å². The Morgan fingerprint density at radius 1 is 1.62 bits per heavy atom. The fourth-order valence-corrected chi connectivity index (χ4v) is 1.35. The normalized spacial score (nSPS) is 14.7. The molecule has 13 heavy (non-hydrogen) atoms. The van der Waals surface area contributed by atoms with Crippen LogP contribution in [0.3, 0.4) is 0 Å². The summed E-state index contributed by atoms with van der Waals surface area (Å²) in [4.78, 5) is 4.30. The first-order valence-corrected chi connectivity index (χ1v) is 4.64. The van der Waals surface area contributed by atoms with Crippen LogP contribution in [-0.4, -0.2) is 18.1 Å². The predicted molar refractivity (Wildman–Crippen MR) is 54.4 cm³/mol. The Balaban J connectivity index is 0.000000980. The molecule has 2 heterocycles. The first kappa shape index (κ1) is 8.35. The number of fused-ring (bicyclic) bond motifs is 1. The van der Waals surface area contributed by atoms with Crippen molar-refractivity contribution in [1.82, 2.24) is 4.98 Å². The van der Waals surface area contributed by atoms with Crippen molar-refractivity contribution < 1.29 is 6.16 Å². The topological polar surface area (TPSA) is 34.1 Å². The highest BCUT2D eigenvalue weighted by Crippen LogP contribution is 2.27. The third-order valence-corrected chi connectivity index (χ3v) is 2.19. The van der Waals surface area contributed by atoms with Gasteiger partial charge in [0.1, 0.15) is 6.61 Å². The van der Waals surface area contributed by atoms with Gasteiger partial charge in [0.25, 0.3) is 0 Å². The molecule has 0 unspecified atom stereocenters. The number of hydrogen-bond acceptors (Lipinski definition) is 3. The fraction of sp³-hybridized carbons (Fsp3) is 0.500. The molecule has 0 aromatic carbocycles. The molecule has 0 saturated carbocycles. The van der Waals surface area contributed by atoms with Gasteiger partial charge in [-0.2, -0.15) is 0 Å². The highest BCUT2D eigenvalue weighted by molar-refractivity contribution is 5.52. The van der Waals surface area contributed by atoms with Crippen LogP contribution < -0.4 is 10.1 Å². The van der Waals surface area contributed by atoms with E-state index in [1.807, 2.05) is 6.20 Å². The largest absolute Gasteiger partial charge is 0.488 e. The van der Waals surface area contributed by atoms with Crippen LogP contribution in [0.5, 0.6) is 5.75 Å². The van der Waals surface area contributed by atoms with Crippen molar-refractivity contribution in [2.75, 3.05) is 18.5 Å². The summed E-state index contributed by atoms with van der Waals surface area (Å²) >= 11 is 0. The molecule has 1 aromatic heterocycles. The maximum atomic E-state index is 5.49. The molecule has 2 rings (SSSR count). The van der Waals surface area contributed by atoms with E-state index in [1.54, 1.807) is 0 Å². The average Bonchev–Trinajstić information content (AvgIpc) is 2.17. The lowest BCUT2D eigenvalue weighted by atomic mass is 10.1. The van der Waals surface area contributed by atoms with Crippen LogP contribution >= 0.6 is 0 Å². The zero-order chi connectivity index (χ0) is 9.26. The lowest BCUT2D eigenvalue weighted by Gasteiger charge is -2.19. The van der Waals surface area contributed by atoms with E-state index in [2.05, 4.69) is 30.2 Å². The van der Waals surface area contributed by atoms with Gasteiger partial charge in [-0.05, 0) is 17.5 Å². The molecule has 3 nitrogen and oxygen atoms in total. The number of rotatable bonds is 1. The Hall–Kier alpha value is -1.25. The molecular formula is C10H16N2O. The highest BCUT2D eigenvalue weighted by Gasteiger charge is 2.12. The van der Waals surface area contributed by atoms with Crippen molar-refractivity contribution in [3.8, 4) is 5.75 Å². The summed E-state index contributed by atoms with van der Waals surface area (Å²) in [6.07, 6.45) is 1.91. The second kappa shape index (κ2) is 3.24. The first-order chi connectivity index (χ1) is 6.27. The molecule has 0 amide bonds. The predicted octanol–water partition coefficient (Wildman–Crippen LogP) is 2.26. The minimum atomic E-state index is 0. The zero-order valence-electron chi connectivity index (χ0n) is 8.00. The Bertz CT molecular complexity index is 315. The minimum Gasteiger partial charge on any atom is -0.488 e. The van der Waals surface area contributed by atoms with Gasteiger partial charge in [-0.25, -0.2) is 4.98 Å². The van der Waals surface area contributed by atoms with Crippen molar-refractivity contribution in [2.24, 2.45) is 0 Å². The molecule has 1 aliphatic rings. The van der Waals surface area contributed by atoms with Crippen molar-refractivity contribution >= 4 is 5.82 Å². The van der Waals surface area contributed by atoms with E-state index in [9.17, 15) is 0 Å². The number of aromatic nitrogens is 1.